The van der Waals surface area contributed by atoms with Crippen LogP contribution in [0.5, 0.6) is 0 Å². The Morgan fingerprint density at radius 2 is 1.70 bits per heavy atom. The number of hydrogen-bond acceptors (Lipinski definition) is 3. The summed E-state index contributed by atoms with van der Waals surface area (Å²) in [5, 5.41) is 10.4. The normalized spacial score (nSPS) is 11.2. The average molecular weight is 318 g/mol. The first kappa shape index (κ1) is 14.0. The van der Waals surface area contributed by atoms with E-state index in [4.69, 9.17) is 15.6 Å². The fourth-order valence-electron chi connectivity index (χ4n) is 2.87. The molecule has 23 heavy (non-hydrogen) atoms. The van der Waals surface area contributed by atoms with E-state index in [2.05, 4.69) is 33.5 Å². The maximum absolute atomic E-state index is 7.84. The lowest BCUT2D eigenvalue weighted by Gasteiger charge is -2.15. The highest BCUT2D eigenvalue weighted by Gasteiger charge is 2.16. The van der Waals surface area contributed by atoms with Crippen molar-refractivity contribution in [3.63, 3.8) is 0 Å². The van der Waals surface area contributed by atoms with E-state index in [-0.39, 0.29) is 0 Å². The van der Waals surface area contributed by atoms with Crippen LogP contribution in [0, 0.1) is 5.41 Å². The quantitative estimate of drug-likeness (QED) is 0.319. The Hall–Kier alpha value is -2.64. The lowest BCUT2D eigenvalue weighted by Crippen LogP contribution is -2.00. The van der Waals surface area contributed by atoms with Crippen LogP contribution in [0.15, 0.2) is 65.1 Å². The fraction of sp³-hybridized carbons (Fsp3) is 0. The van der Waals surface area contributed by atoms with Crippen LogP contribution >= 0.6 is 9.24 Å². The molecule has 2 aliphatic rings. The summed E-state index contributed by atoms with van der Waals surface area (Å²) >= 11 is 0. The molecule has 4 heteroatoms. The van der Waals surface area contributed by atoms with Gasteiger partial charge in [0.15, 0.2) is 0 Å². The van der Waals surface area contributed by atoms with E-state index in [0.29, 0.717) is 16.8 Å². The molecule has 3 N–H and O–H groups in total. The topological polar surface area (TPSA) is 63.0 Å². The Morgan fingerprint density at radius 1 is 0.913 bits per heavy atom. The van der Waals surface area contributed by atoms with Crippen molar-refractivity contribution in [2.24, 2.45) is 0 Å². The average Bonchev–Trinajstić information content (AvgIpc) is 2.53. The highest BCUT2D eigenvalue weighted by molar-refractivity contribution is 7.27. The van der Waals surface area contributed by atoms with E-state index in [0.717, 1.165) is 33.0 Å². The third-order valence-corrected chi connectivity index (χ3v) is 4.33. The first-order valence-corrected chi connectivity index (χ1v) is 7.86. The molecule has 0 saturated carbocycles. The van der Waals surface area contributed by atoms with E-state index < -0.39 is 0 Å². The van der Waals surface area contributed by atoms with Gasteiger partial charge in [-0.15, -0.1) is 9.24 Å². The smallest absolute Gasteiger partial charge is 0.137 e. The molecular weight excluding hydrogens is 303 g/mol. The van der Waals surface area contributed by atoms with E-state index >= 15 is 0 Å². The number of rotatable bonds is 1. The van der Waals surface area contributed by atoms with Gasteiger partial charge in [-0.25, -0.2) is 0 Å². The number of fused-ring (bicyclic) bond motifs is 2. The van der Waals surface area contributed by atoms with E-state index in [1.165, 1.54) is 0 Å². The minimum atomic E-state index is 0.427. The molecule has 0 radical (unpaired) electrons. The third-order valence-electron chi connectivity index (χ3n) is 3.95. The van der Waals surface area contributed by atoms with Crippen molar-refractivity contribution in [3.8, 4) is 22.5 Å². The van der Waals surface area contributed by atoms with Gasteiger partial charge in [-0.3, -0.25) is 0 Å². The highest BCUT2D eigenvalue weighted by Crippen LogP contribution is 2.39. The van der Waals surface area contributed by atoms with Crippen molar-refractivity contribution in [3.05, 3.63) is 66.0 Å². The molecule has 0 aromatic heterocycles. The van der Waals surface area contributed by atoms with Gasteiger partial charge in [0, 0.05) is 34.3 Å². The molecule has 1 heterocycles. The summed E-state index contributed by atoms with van der Waals surface area (Å²) in [6.07, 6.45) is 0. The van der Waals surface area contributed by atoms with Gasteiger partial charge in [-0.05, 0) is 35.1 Å². The molecular formula is C19H15N2OP. The standard InChI is InChI=1S/C19H15N2OP/c20-12-3-7-15-17(9-12)22-18-10-13(21)4-8-16(18)19(15)11-1-5-14(23)6-2-11/h1-10,20H,21,23H2. The molecule has 0 spiro atoms. The van der Waals surface area contributed by atoms with Gasteiger partial charge >= 0.3 is 0 Å². The molecule has 1 unspecified atom stereocenters. The Bertz CT molecular complexity index is 1050. The van der Waals surface area contributed by atoms with Crippen molar-refractivity contribution < 1.29 is 4.42 Å². The second-order valence-electron chi connectivity index (χ2n) is 5.57. The van der Waals surface area contributed by atoms with Crippen LogP contribution in [-0.4, -0.2) is 0 Å². The van der Waals surface area contributed by atoms with Crippen LogP contribution < -0.4 is 16.4 Å². The van der Waals surface area contributed by atoms with Gasteiger partial charge in [-0.1, -0.05) is 24.3 Å². The summed E-state index contributed by atoms with van der Waals surface area (Å²) in [4.78, 5) is 0. The van der Waals surface area contributed by atoms with Crippen LogP contribution in [0.3, 0.4) is 0 Å². The Morgan fingerprint density at radius 3 is 2.48 bits per heavy atom. The lowest BCUT2D eigenvalue weighted by atomic mass is 9.93. The van der Waals surface area contributed by atoms with Crippen molar-refractivity contribution in [2.75, 3.05) is 5.73 Å². The zero-order valence-electron chi connectivity index (χ0n) is 12.3. The van der Waals surface area contributed by atoms with Crippen LogP contribution in [0.2, 0.25) is 0 Å². The molecule has 2 aromatic carbocycles. The van der Waals surface area contributed by atoms with Gasteiger partial charge in [-0.2, -0.15) is 0 Å². The first-order valence-electron chi connectivity index (χ1n) is 7.28. The third kappa shape index (κ3) is 2.39. The number of anilines is 1. The lowest BCUT2D eigenvalue weighted by molar-refractivity contribution is 0.619. The fourth-order valence-corrected chi connectivity index (χ4v) is 3.06. The summed E-state index contributed by atoms with van der Waals surface area (Å²) in [5.74, 6) is 0.695. The zero-order chi connectivity index (χ0) is 16.0. The Kier molecular flexibility index (Phi) is 3.17. The summed E-state index contributed by atoms with van der Waals surface area (Å²) in [6.45, 7) is 0. The monoisotopic (exact) mass is 318 g/mol. The van der Waals surface area contributed by atoms with Gasteiger partial charge in [0.1, 0.15) is 11.3 Å². The zero-order valence-corrected chi connectivity index (χ0v) is 13.5. The summed E-state index contributed by atoms with van der Waals surface area (Å²) < 4.78 is 5.99. The minimum absolute atomic E-state index is 0.427. The van der Waals surface area contributed by atoms with Crippen LogP contribution in [0.4, 0.5) is 5.69 Å². The number of nitrogens with one attached hydrogen (secondary N) is 1. The molecule has 1 atom stereocenters. The molecule has 1 aliphatic carbocycles. The number of hydrogen-bond donors (Lipinski definition) is 2. The Balaban J connectivity index is 2.17. The number of nitrogens with two attached hydrogens (primary N) is 1. The van der Waals surface area contributed by atoms with Crippen molar-refractivity contribution >= 4 is 31.2 Å². The summed E-state index contributed by atoms with van der Waals surface area (Å²) in [6, 6.07) is 19.5. The minimum Gasteiger partial charge on any atom is -0.456 e. The van der Waals surface area contributed by atoms with Gasteiger partial charge in [0.2, 0.25) is 0 Å². The molecule has 4 rings (SSSR count). The molecule has 0 saturated heterocycles. The van der Waals surface area contributed by atoms with Crippen LogP contribution in [-0.2, 0) is 0 Å². The van der Waals surface area contributed by atoms with E-state index in [1.807, 2.05) is 24.3 Å². The molecule has 2 aromatic rings. The summed E-state index contributed by atoms with van der Waals surface area (Å²) in [7, 11) is 2.70. The van der Waals surface area contributed by atoms with Crippen molar-refractivity contribution in [1.82, 2.24) is 0 Å². The molecule has 3 nitrogen and oxygen atoms in total. The first-order chi connectivity index (χ1) is 11.1. The van der Waals surface area contributed by atoms with Gasteiger partial charge in [0.05, 0.1) is 5.36 Å². The molecule has 0 fully saturated rings. The molecule has 0 bridgehead atoms. The predicted octanol–water partition coefficient (Wildman–Crippen LogP) is 3.77. The second kappa shape index (κ2) is 5.22. The SMILES string of the molecule is N=c1ccc2c(-c3ccc(P)cc3)c3ccc(N)cc3oc-2c1. The maximum atomic E-state index is 7.84. The largest absolute Gasteiger partial charge is 0.456 e. The van der Waals surface area contributed by atoms with Crippen LogP contribution in [0.1, 0.15) is 0 Å². The maximum Gasteiger partial charge on any atom is 0.137 e. The predicted molar refractivity (Wildman–Crippen MR) is 97.9 cm³/mol. The van der Waals surface area contributed by atoms with Crippen molar-refractivity contribution in [1.29, 1.82) is 5.41 Å². The molecule has 112 valence electrons. The van der Waals surface area contributed by atoms with Gasteiger partial charge < -0.3 is 15.6 Å². The van der Waals surface area contributed by atoms with E-state index in [9.17, 15) is 0 Å². The highest BCUT2D eigenvalue weighted by atomic mass is 31.0. The summed E-state index contributed by atoms with van der Waals surface area (Å²) in [5.41, 5.74) is 10.5. The molecule has 0 amide bonds. The van der Waals surface area contributed by atoms with E-state index in [1.54, 1.807) is 12.1 Å². The van der Waals surface area contributed by atoms with Gasteiger partial charge in [0.25, 0.3) is 0 Å². The number of benzene rings is 3. The van der Waals surface area contributed by atoms with Crippen molar-refractivity contribution in [2.45, 2.75) is 0 Å². The Labute approximate surface area is 135 Å². The second-order valence-corrected chi connectivity index (χ2v) is 6.23. The number of nitrogen functional groups attached to an aromatic ring is 1. The van der Waals surface area contributed by atoms with Crippen LogP contribution in [0.25, 0.3) is 33.4 Å². The molecule has 1 aliphatic heterocycles.